The Kier molecular flexibility index (Phi) is 4.59. The van der Waals surface area contributed by atoms with Crippen molar-refractivity contribution in [2.45, 2.75) is 19.4 Å². The first kappa shape index (κ1) is 12.9. The molecule has 0 bridgehead atoms. The third-order valence-corrected chi connectivity index (χ3v) is 3.15. The molecule has 0 aromatic heterocycles. The van der Waals surface area contributed by atoms with Gasteiger partial charge in [-0.15, -0.1) is 0 Å². The molecule has 1 aliphatic heterocycles. The first-order valence-corrected chi connectivity index (χ1v) is 6.27. The number of carbonyl (C=O) groups excluding carboxylic acids is 1. The van der Waals surface area contributed by atoms with Crippen LogP contribution < -0.4 is 10.1 Å². The zero-order valence-corrected chi connectivity index (χ0v) is 10.6. The van der Waals surface area contributed by atoms with Crippen LogP contribution in [0.5, 0.6) is 5.75 Å². The van der Waals surface area contributed by atoms with Gasteiger partial charge in [-0.1, -0.05) is 12.1 Å². The van der Waals surface area contributed by atoms with Crippen molar-refractivity contribution < 1.29 is 14.3 Å². The summed E-state index contributed by atoms with van der Waals surface area (Å²) in [5.41, 5.74) is 0.951. The zero-order valence-electron chi connectivity index (χ0n) is 10.6. The Morgan fingerprint density at radius 2 is 2.39 bits per heavy atom. The number of rotatable bonds is 5. The quantitative estimate of drug-likeness (QED) is 0.807. The Morgan fingerprint density at radius 1 is 1.50 bits per heavy atom. The number of ether oxygens (including phenoxy) is 2. The Labute approximate surface area is 107 Å². The average Bonchev–Trinajstić information content (AvgIpc) is 2.89. The molecule has 0 spiro atoms. The van der Waals surface area contributed by atoms with Gasteiger partial charge in [-0.05, 0) is 43.1 Å². The van der Waals surface area contributed by atoms with E-state index in [1.807, 2.05) is 24.3 Å². The predicted molar refractivity (Wildman–Crippen MR) is 68.4 cm³/mol. The topological polar surface area (TPSA) is 47.6 Å². The number of methoxy groups -OCH3 is 1. The summed E-state index contributed by atoms with van der Waals surface area (Å²) in [6.45, 7) is 2.25. The smallest absolute Gasteiger partial charge is 0.306 e. The van der Waals surface area contributed by atoms with Crippen molar-refractivity contribution >= 4 is 5.97 Å². The van der Waals surface area contributed by atoms with Gasteiger partial charge in [0.1, 0.15) is 12.4 Å². The summed E-state index contributed by atoms with van der Waals surface area (Å²) < 4.78 is 10.4. The molecule has 4 nitrogen and oxygen atoms in total. The number of nitrogens with one attached hydrogen (secondary N) is 1. The number of hydrogen-bond acceptors (Lipinski definition) is 4. The molecule has 1 aromatic rings. The second-order valence-electron chi connectivity index (χ2n) is 4.58. The Bertz CT molecular complexity index is 400. The van der Waals surface area contributed by atoms with E-state index in [4.69, 9.17) is 9.47 Å². The lowest BCUT2D eigenvalue weighted by Crippen LogP contribution is -2.14. The standard InChI is InChI=1S/C14H19NO3/c1-17-13-4-2-3-12(7-13)10-18-14(16)8-11-5-6-15-9-11/h2-4,7,11,15H,5-6,8-10H2,1H3. The lowest BCUT2D eigenvalue weighted by molar-refractivity contribution is -0.145. The number of carbonyl (C=O) groups is 1. The summed E-state index contributed by atoms with van der Waals surface area (Å²) in [6.07, 6.45) is 1.57. The van der Waals surface area contributed by atoms with Crippen molar-refractivity contribution in [3.8, 4) is 5.75 Å². The van der Waals surface area contributed by atoms with Crippen LogP contribution in [0.15, 0.2) is 24.3 Å². The van der Waals surface area contributed by atoms with Gasteiger partial charge in [-0.3, -0.25) is 4.79 Å². The molecule has 0 amide bonds. The highest BCUT2D eigenvalue weighted by atomic mass is 16.5. The molecule has 0 saturated carbocycles. The molecule has 1 N–H and O–H groups in total. The first-order chi connectivity index (χ1) is 8.78. The molecule has 1 fully saturated rings. The van der Waals surface area contributed by atoms with Crippen molar-refractivity contribution in [3.63, 3.8) is 0 Å². The molecule has 4 heteroatoms. The van der Waals surface area contributed by atoms with E-state index in [2.05, 4.69) is 5.32 Å². The van der Waals surface area contributed by atoms with E-state index in [9.17, 15) is 4.79 Å². The summed E-state index contributed by atoms with van der Waals surface area (Å²) in [5.74, 6) is 1.10. The van der Waals surface area contributed by atoms with Crippen LogP contribution >= 0.6 is 0 Å². The van der Waals surface area contributed by atoms with E-state index in [0.717, 1.165) is 30.8 Å². The number of hydrogen-bond donors (Lipinski definition) is 1. The minimum Gasteiger partial charge on any atom is -0.497 e. The SMILES string of the molecule is COc1cccc(COC(=O)CC2CCNC2)c1. The van der Waals surface area contributed by atoms with E-state index in [-0.39, 0.29) is 5.97 Å². The van der Waals surface area contributed by atoms with Gasteiger partial charge in [0.15, 0.2) is 0 Å². The molecule has 0 aliphatic carbocycles. The lowest BCUT2D eigenvalue weighted by atomic mass is 10.1. The molecule has 1 heterocycles. The summed E-state index contributed by atoms with van der Waals surface area (Å²) >= 11 is 0. The van der Waals surface area contributed by atoms with Gasteiger partial charge in [0, 0.05) is 6.42 Å². The third kappa shape index (κ3) is 3.74. The second-order valence-corrected chi connectivity index (χ2v) is 4.58. The summed E-state index contributed by atoms with van der Waals surface area (Å²) in [5, 5.41) is 3.24. The van der Waals surface area contributed by atoms with E-state index < -0.39 is 0 Å². The van der Waals surface area contributed by atoms with Gasteiger partial charge >= 0.3 is 5.97 Å². The molecule has 18 heavy (non-hydrogen) atoms. The van der Waals surface area contributed by atoms with Gasteiger partial charge in [-0.2, -0.15) is 0 Å². The highest BCUT2D eigenvalue weighted by Crippen LogP contribution is 2.15. The minimum atomic E-state index is -0.119. The number of benzene rings is 1. The molecular weight excluding hydrogens is 230 g/mol. The molecule has 2 rings (SSSR count). The maximum atomic E-state index is 11.6. The van der Waals surface area contributed by atoms with Gasteiger partial charge in [0.2, 0.25) is 0 Å². The lowest BCUT2D eigenvalue weighted by Gasteiger charge is -2.09. The zero-order chi connectivity index (χ0) is 12.8. The Morgan fingerprint density at radius 3 is 3.11 bits per heavy atom. The van der Waals surface area contributed by atoms with Crippen LogP contribution in [0, 0.1) is 5.92 Å². The molecule has 1 aliphatic rings. The largest absolute Gasteiger partial charge is 0.497 e. The van der Waals surface area contributed by atoms with Crippen molar-refractivity contribution in [1.29, 1.82) is 0 Å². The molecule has 98 valence electrons. The fourth-order valence-electron chi connectivity index (χ4n) is 2.11. The van der Waals surface area contributed by atoms with Gasteiger partial charge in [-0.25, -0.2) is 0 Å². The van der Waals surface area contributed by atoms with Crippen LogP contribution in [0.1, 0.15) is 18.4 Å². The number of esters is 1. The third-order valence-electron chi connectivity index (χ3n) is 3.15. The Balaban J connectivity index is 1.77. The van der Waals surface area contributed by atoms with Crippen LogP contribution in [0.25, 0.3) is 0 Å². The van der Waals surface area contributed by atoms with Gasteiger partial charge in [0.05, 0.1) is 7.11 Å². The summed E-state index contributed by atoms with van der Waals surface area (Å²) in [7, 11) is 1.62. The van der Waals surface area contributed by atoms with E-state index in [0.29, 0.717) is 18.9 Å². The van der Waals surface area contributed by atoms with Crippen LogP contribution in [0.4, 0.5) is 0 Å². The summed E-state index contributed by atoms with van der Waals surface area (Å²) in [4.78, 5) is 11.6. The normalized spacial score (nSPS) is 18.6. The Hall–Kier alpha value is -1.55. The van der Waals surface area contributed by atoms with Crippen molar-refractivity contribution in [2.24, 2.45) is 5.92 Å². The minimum absolute atomic E-state index is 0.119. The van der Waals surface area contributed by atoms with Crippen molar-refractivity contribution in [2.75, 3.05) is 20.2 Å². The highest BCUT2D eigenvalue weighted by Gasteiger charge is 2.18. The average molecular weight is 249 g/mol. The maximum Gasteiger partial charge on any atom is 0.306 e. The van der Waals surface area contributed by atoms with E-state index in [1.54, 1.807) is 7.11 Å². The van der Waals surface area contributed by atoms with Crippen molar-refractivity contribution in [3.05, 3.63) is 29.8 Å². The van der Waals surface area contributed by atoms with Gasteiger partial charge in [0.25, 0.3) is 0 Å². The molecular formula is C14H19NO3. The predicted octanol–water partition coefficient (Wildman–Crippen LogP) is 1.74. The molecule has 1 saturated heterocycles. The molecule has 1 unspecified atom stereocenters. The fraction of sp³-hybridized carbons (Fsp3) is 0.500. The van der Waals surface area contributed by atoms with Crippen LogP contribution in [-0.4, -0.2) is 26.2 Å². The van der Waals surface area contributed by atoms with Crippen LogP contribution in [0.2, 0.25) is 0 Å². The maximum absolute atomic E-state index is 11.6. The highest BCUT2D eigenvalue weighted by molar-refractivity contribution is 5.69. The second kappa shape index (κ2) is 6.40. The molecule has 0 radical (unpaired) electrons. The fourth-order valence-corrected chi connectivity index (χ4v) is 2.11. The van der Waals surface area contributed by atoms with Gasteiger partial charge < -0.3 is 14.8 Å². The van der Waals surface area contributed by atoms with E-state index >= 15 is 0 Å². The molecule has 1 aromatic carbocycles. The summed E-state index contributed by atoms with van der Waals surface area (Å²) in [6, 6.07) is 7.57. The molecule has 1 atom stereocenters. The van der Waals surface area contributed by atoms with Crippen LogP contribution in [-0.2, 0) is 16.1 Å². The van der Waals surface area contributed by atoms with Crippen molar-refractivity contribution in [1.82, 2.24) is 5.32 Å². The monoisotopic (exact) mass is 249 g/mol. The van der Waals surface area contributed by atoms with E-state index in [1.165, 1.54) is 0 Å². The van der Waals surface area contributed by atoms with Crippen LogP contribution in [0.3, 0.4) is 0 Å². The first-order valence-electron chi connectivity index (χ1n) is 6.27.